The summed E-state index contributed by atoms with van der Waals surface area (Å²) in [5.41, 5.74) is 1.99. The number of ether oxygens (including phenoxy) is 1. The van der Waals surface area contributed by atoms with Crippen LogP contribution in [0.5, 0.6) is 5.75 Å². The zero-order valence-corrected chi connectivity index (χ0v) is 11.8. The van der Waals surface area contributed by atoms with Gasteiger partial charge in [-0.3, -0.25) is 9.38 Å². The van der Waals surface area contributed by atoms with Crippen LogP contribution in [-0.4, -0.2) is 25.9 Å². The zero-order chi connectivity index (χ0) is 16.0. The summed E-state index contributed by atoms with van der Waals surface area (Å²) in [6.07, 6.45) is 0.918. The zero-order valence-electron chi connectivity index (χ0n) is 11.8. The monoisotopic (exact) mass is 320 g/mol. The van der Waals surface area contributed by atoms with Gasteiger partial charge in [0.2, 0.25) is 0 Å². The van der Waals surface area contributed by atoms with Crippen molar-refractivity contribution in [2.75, 3.05) is 0 Å². The molecular formula is C15H11F3N4O. The molecule has 1 aliphatic carbocycles. The van der Waals surface area contributed by atoms with Crippen molar-refractivity contribution >= 4 is 5.65 Å². The normalized spacial score (nSPS) is 15.1. The van der Waals surface area contributed by atoms with Gasteiger partial charge in [0.15, 0.2) is 5.65 Å². The summed E-state index contributed by atoms with van der Waals surface area (Å²) in [5.74, 6) is 1.08. The molecule has 118 valence electrons. The van der Waals surface area contributed by atoms with Gasteiger partial charge in [-0.25, -0.2) is 0 Å². The van der Waals surface area contributed by atoms with Crippen LogP contribution in [-0.2, 0) is 0 Å². The van der Waals surface area contributed by atoms with E-state index in [1.807, 2.05) is 10.6 Å². The molecule has 0 unspecified atom stereocenters. The molecule has 0 bridgehead atoms. The van der Waals surface area contributed by atoms with E-state index in [2.05, 4.69) is 19.9 Å². The topological polar surface area (TPSA) is 52.3 Å². The molecule has 2 heterocycles. The van der Waals surface area contributed by atoms with E-state index in [1.54, 1.807) is 6.20 Å². The van der Waals surface area contributed by atoms with Crippen molar-refractivity contribution in [2.24, 2.45) is 0 Å². The molecule has 3 aromatic rings. The summed E-state index contributed by atoms with van der Waals surface area (Å²) in [6, 6.07) is 5.61. The van der Waals surface area contributed by atoms with Gasteiger partial charge in [0.25, 0.3) is 0 Å². The quantitative estimate of drug-likeness (QED) is 0.740. The molecule has 0 N–H and O–H groups in total. The number of nitrogens with zero attached hydrogens (tertiary/aromatic N) is 4. The maximum absolute atomic E-state index is 12.2. The lowest BCUT2D eigenvalue weighted by Gasteiger charge is -2.09. The molecule has 0 aliphatic heterocycles. The minimum atomic E-state index is -4.69. The molecule has 0 saturated heterocycles. The lowest BCUT2D eigenvalue weighted by Crippen LogP contribution is -2.16. The number of rotatable bonds is 3. The Kier molecular flexibility index (Phi) is 3.00. The first-order valence-electron chi connectivity index (χ1n) is 7.06. The number of hydrogen-bond acceptors (Lipinski definition) is 4. The Hall–Kier alpha value is -2.64. The predicted molar refractivity (Wildman–Crippen MR) is 74.9 cm³/mol. The van der Waals surface area contributed by atoms with Gasteiger partial charge in [-0.2, -0.15) is 0 Å². The molecule has 0 radical (unpaired) electrons. The summed E-state index contributed by atoms with van der Waals surface area (Å²) in [6.45, 7) is 0. The molecule has 5 nitrogen and oxygen atoms in total. The number of aromatic nitrogens is 4. The Balaban J connectivity index is 1.67. The fourth-order valence-corrected chi connectivity index (χ4v) is 2.42. The summed E-state index contributed by atoms with van der Waals surface area (Å²) >= 11 is 0. The van der Waals surface area contributed by atoms with Crippen molar-refractivity contribution in [3.63, 3.8) is 0 Å². The molecule has 1 aromatic carbocycles. The molecule has 1 aliphatic rings. The molecule has 1 fully saturated rings. The summed E-state index contributed by atoms with van der Waals surface area (Å²) in [5, 5.41) is 8.25. The highest BCUT2D eigenvalue weighted by molar-refractivity contribution is 5.60. The van der Waals surface area contributed by atoms with Crippen molar-refractivity contribution in [2.45, 2.75) is 25.1 Å². The number of benzene rings is 1. The van der Waals surface area contributed by atoms with E-state index in [1.165, 1.54) is 24.3 Å². The van der Waals surface area contributed by atoms with Crippen LogP contribution in [0.1, 0.15) is 24.6 Å². The average molecular weight is 320 g/mol. The molecule has 0 spiro atoms. The molecule has 1 saturated carbocycles. The van der Waals surface area contributed by atoms with Gasteiger partial charge < -0.3 is 4.74 Å². The SMILES string of the molecule is FC(F)(F)Oc1ccc(-c2cn3c(C4CC4)nnc3cn2)cc1. The van der Waals surface area contributed by atoms with Crippen molar-refractivity contribution in [1.29, 1.82) is 0 Å². The highest BCUT2D eigenvalue weighted by Gasteiger charge is 2.31. The Morgan fingerprint density at radius 3 is 2.48 bits per heavy atom. The Labute approximate surface area is 128 Å². The van der Waals surface area contributed by atoms with E-state index in [4.69, 9.17) is 0 Å². The maximum Gasteiger partial charge on any atom is 0.573 e. The molecule has 8 heteroatoms. The van der Waals surface area contributed by atoms with Crippen molar-refractivity contribution in [3.8, 4) is 17.0 Å². The van der Waals surface area contributed by atoms with Crippen molar-refractivity contribution < 1.29 is 17.9 Å². The van der Waals surface area contributed by atoms with Gasteiger partial charge in [0.1, 0.15) is 11.6 Å². The van der Waals surface area contributed by atoms with Gasteiger partial charge in [-0.1, -0.05) is 0 Å². The van der Waals surface area contributed by atoms with Crippen LogP contribution in [0.15, 0.2) is 36.7 Å². The third-order valence-electron chi connectivity index (χ3n) is 3.65. The highest BCUT2D eigenvalue weighted by atomic mass is 19.4. The van der Waals surface area contributed by atoms with Gasteiger partial charge in [-0.15, -0.1) is 23.4 Å². The lowest BCUT2D eigenvalue weighted by atomic mass is 10.1. The molecular weight excluding hydrogens is 309 g/mol. The minimum Gasteiger partial charge on any atom is -0.406 e. The first-order chi connectivity index (χ1) is 11.0. The second kappa shape index (κ2) is 4.94. The second-order valence-corrected chi connectivity index (χ2v) is 5.41. The first-order valence-corrected chi connectivity index (χ1v) is 7.06. The lowest BCUT2D eigenvalue weighted by molar-refractivity contribution is -0.274. The van der Waals surface area contributed by atoms with E-state index in [-0.39, 0.29) is 5.75 Å². The number of alkyl halides is 3. The first kappa shape index (κ1) is 14.0. The average Bonchev–Trinajstić information content (AvgIpc) is 3.26. The van der Waals surface area contributed by atoms with Crippen molar-refractivity contribution in [3.05, 3.63) is 42.5 Å². The fourth-order valence-electron chi connectivity index (χ4n) is 2.42. The molecule has 0 atom stereocenters. The maximum atomic E-state index is 12.2. The largest absolute Gasteiger partial charge is 0.573 e. The summed E-state index contributed by atoms with van der Waals surface area (Å²) in [4.78, 5) is 4.29. The fraction of sp³-hybridized carbons (Fsp3) is 0.267. The van der Waals surface area contributed by atoms with E-state index in [9.17, 15) is 13.2 Å². The highest BCUT2D eigenvalue weighted by Crippen LogP contribution is 2.39. The number of fused-ring (bicyclic) bond motifs is 1. The van der Waals surface area contributed by atoms with Crippen LogP contribution in [0, 0.1) is 0 Å². The van der Waals surface area contributed by atoms with Crippen LogP contribution in [0.2, 0.25) is 0 Å². The predicted octanol–water partition coefficient (Wildman–Crippen LogP) is 3.57. The summed E-state index contributed by atoms with van der Waals surface area (Å²) < 4.78 is 42.3. The molecule has 23 heavy (non-hydrogen) atoms. The van der Waals surface area contributed by atoms with Gasteiger partial charge in [0, 0.05) is 17.7 Å². The van der Waals surface area contributed by atoms with E-state index in [0.717, 1.165) is 18.7 Å². The minimum absolute atomic E-state index is 0.259. The molecule has 4 rings (SSSR count). The van der Waals surface area contributed by atoms with E-state index >= 15 is 0 Å². The van der Waals surface area contributed by atoms with E-state index in [0.29, 0.717) is 22.8 Å². The second-order valence-electron chi connectivity index (χ2n) is 5.41. The number of halogens is 3. The van der Waals surface area contributed by atoms with Crippen LogP contribution in [0.3, 0.4) is 0 Å². The van der Waals surface area contributed by atoms with Crippen LogP contribution in [0.25, 0.3) is 16.9 Å². The van der Waals surface area contributed by atoms with Crippen LogP contribution >= 0.6 is 0 Å². The smallest absolute Gasteiger partial charge is 0.406 e. The summed E-state index contributed by atoms with van der Waals surface area (Å²) in [7, 11) is 0. The van der Waals surface area contributed by atoms with Gasteiger partial charge in [0.05, 0.1) is 11.9 Å². The van der Waals surface area contributed by atoms with Crippen LogP contribution in [0.4, 0.5) is 13.2 Å². The van der Waals surface area contributed by atoms with E-state index < -0.39 is 6.36 Å². The Bertz CT molecular complexity index is 853. The Morgan fingerprint density at radius 1 is 1.09 bits per heavy atom. The Morgan fingerprint density at radius 2 is 1.83 bits per heavy atom. The molecule has 2 aromatic heterocycles. The molecule has 0 amide bonds. The standard InChI is InChI=1S/C15H11F3N4O/c16-15(17,18)23-11-5-3-9(4-6-11)12-8-22-13(7-19-12)20-21-14(22)10-1-2-10/h3-8,10H,1-2H2. The van der Waals surface area contributed by atoms with Gasteiger partial charge >= 0.3 is 6.36 Å². The van der Waals surface area contributed by atoms with Crippen LogP contribution < -0.4 is 4.74 Å². The van der Waals surface area contributed by atoms with Gasteiger partial charge in [-0.05, 0) is 37.1 Å². The van der Waals surface area contributed by atoms with Crippen molar-refractivity contribution in [1.82, 2.24) is 19.6 Å². The third-order valence-corrected chi connectivity index (χ3v) is 3.65. The number of hydrogen-bond donors (Lipinski definition) is 0. The third kappa shape index (κ3) is 2.84.